The van der Waals surface area contributed by atoms with E-state index in [-0.39, 0.29) is 42.5 Å². The summed E-state index contributed by atoms with van der Waals surface area (Å²) >= 11 is 0. The maximum atomic E-state index is 13.1. The average Bonchev–Trinajstić information content (AvgIpc) is 2.82. The molecular formula is C22H21N3O6S. The van der Waals surface area contributed by atoms with Gasteiger partial charge in [0.15, 0.2) is 11.5 Å². The number of aromatic amines is 1. The van der Waals surface area contributed by atoms with E-state index >= 15 is 0 Å². The third-order valence-electron chi connectivity index (χ3n) is 5.66. The van der Waals surface area contributed by atoms with Crippen molar-refractivity contribution in [2.24, 2.45) is 0 Å². The zero-order valence-corrected chi connectivity index (χ0v) is 17.9. The molecule has 9 nitrogen and oxygen atoms in total. The molecule has 2 aromatic carbocycles. The molecule has 166 valence electrons. The van der Waals surface area contributed by atoms with E-state index in [2.05, 4.69) is 4.98 Å². The van der Waals surface area contributed by atoms with Gasteiger partial charge in [-0.05, 0) is 18.2 Å². The van der Waals surface area contributed by atoms with Crippen molar-refractivity contribution in [3.05, 3.63) is 64.4 Å². The van der Waals surface area contributed by atoms with E-state index in [0.717, 1.165) is 0 Å². The Balaban J connectivity index is 1.34. The van der Waals surface area contributed by atoms with Gasteiger partial charge in [0.05, 0.1) is 10.5 Å². The molecule has 1 amide bonds. The number of benzene rings is 2. The van der Waals surface area contributed by atoms with Crippen LogP contribution in [0.3, 0.4) is 0 Å². The van der Waals surface area contributed by atoms with E-state index in [1.165, 1.54) is 22.5 Å². The number of sulfonamides is 1. The fourth-order valence-corrected chi connectivity index (χ4v) is 5.45. The fraction of sp³-hybridized carbons (Fsp3) is 0.273. The fourth-order valence-electron chi connectivity index (χ4n) is 4.02. The normalized spacial score (nSPS) is 16.8. The van der Waals surface area contributed by atoms with Crippen molar-refractivity contribution in [2.45, 2.75) is 4.90 Å². The lowest BCUT2D eigenvalue weighted by molar-refractivity contribution is 0.0699. The number of hydrogen-bond donors (Lipinski definition) is 1. The molecule has 0 radical (unpaired) electrons. The minimum Gasteiger partial charge on any atom is -0.486 e. The molecular weight excluding hydrogens is 434 g/mol. The van der Waals surface area contributed by atoms with Gasteiger partial charge < -0.3 is 19.4 Å². The van der Waals surface area contributed by atoms with Crippen LogP contribution in [0.1, 0.15) is 10.4 Å². The number of H-pyrrole nitrogens is 1. The first-order chi connectivity index (χ1) is 15.4. The topological polar surface area (TPSA) is 109 Å². The molecule has 1 N–H and O–H groups in total. The number of carbonyl (C=O) groups is 1. The van der Waals surface area contributed by atoms with Crippen molar-refractivity contribution in [3.63, 3.8) is 0 Å². The highest BCUT2D eigenvalue weighted by Crippen LogP contribution is 2.33. The van der Waals surface area contributed by atoms with Gasteiger partial charge in [-0.2, -0.15) is 4.31 Å². The van der Waals surface area contributed by atoms with Crippen molar-refractivity contribution in [2.75, 3.05) is 39.4 Å². The minimum absolute atomic E-state index is 0.127. The van der Waals surface area contributed by atoms with Crippen molar-refractivity contribution in [3.8, 4) is 11.5 Å². The Kier molecular flexibility index (Phi) is 5.10. The third-order valence-corrected chi connectivity index (χ3v) is 7.55. The molecule has 0 saturated carbocycles. The maximum Gasteiger partial charge on any atom is 0.254 e. The molecule has 10 heteroatoms. The van der Waals surface area contributed by atoms with Crippen molar-refractivity contribution in [1.82, 2.24) is 14.2 Å². The summed E-state index contributed by atoms with van der Waals surface area (Å²) in [7, 11) is -3.75. The molecule has 5 rings (SSSR count). The summed E-state index contributed by atoms with van der Waals surface area (Å²) < 4.78 is 38.6. The van der Waals surface area contributed by atoms with Gasteiger partial charge in [-0.1, -0.05) is 18.2 Å². The Morgan fingerprint density at radius 1 is 0.906 bits per heavy atom. The molecule has 1 aromatic heterocycles. The third kappa shape index (κ3) is 3.61. The largest absolute Gasteiger partial charge is 0.486 e. The first kappa shape index (κ1) is 20.5. The van der Waals surface area contributed by atoms with Gasteiger partial charge in [0.2, 0.25) is 15.6 Å². The first-order valence-electron chi connectivity index (χ1n) is 10.2. The predicted molar refractivity (Wildman–Crippen MR) is 117 cm³/mol. The van der Waals surface area contributed by atoms with Crippen LogP contribution < -0.4 is 15.0 Å². The molecule has 0 bridgehead atoms. The van der Waals surface area contributed by atoms with Crippen LogP contribution in [0.2, 0.25) is 0 Å². The van der Waals surface area contributed by atoms with Gasteiger partial charge in [-0.15, -0.1) is 0 Å². The standard InChI is InChI=1S/C22H21N3O6S/c26-21-14-17(16-3-1-2-4-18(16)23-21)22(27)24-7-9-25(10-8-24)32(28,29)15-5-6-19-20(13-15)31-12-11-30-19/h1-6,13-14H,7-12H2,(H,23,26). The number of piperazine rings is 1. The Labute approximate surface area is 184 Å². The molecule has 32 heavy (non-hydrogen) atoms. The number of nitrogens with zero attached hydrogens (tertiary/aromatic N) is 2. The molecule has 0 spiro atoms. The summed E-state index contributed by atoms with van der Waals surface area (Å²) in [5.41, 5.74) is 0.544. The van der Waals surface area contributed by atoms with E-state index < -0.39 is 10.0 Å². The zero-order valence-electron chi connectivity index (χ0n) is 17.1. The zero-order chi connectivity index (χ0) is 22.3. The summed E-state index contributed by atoms with van der Waals surface area (Å²) in [6.45, 7) is 1.56. The van der Waals surface area contributed by atoms with Gasteiger partial charge >= 0.3 is 0 Å². The molecule has 2 aliphatic heterocycles. The number of pyridine rings is 1. The monoisotopic (exact) mass is 455 g/mol. The van der Waals surface area contributed by atoms with Gasteiger partial charge in [0.25, 0.3) is 5.91 Å². The number of carbonyl (C=O) groups excluding carboxylic acids is 1. The summed E-state index contributed by atoms with van der Waals surface area (Å²) in [6.07, 6.45) is 0. The van der Waals surface area contributed by atoms with Crippen molar-refractivity contribution < 1.29 is 22.7 Å². The molecule has 1 saturated heterocycles. The molecule has 2 aliphatic rings. The number of nitrogens with one attached hydrogen (secondary N) is 1. The summed E-state index contributed by atoms with van der Waals surface area (Å²) in [6, 6.07) is 13.0. The van der Waals surface area contributed by atoms with Gasteiger partial charge in [-0.3, -0.25) is 9.59 Å². The lowest BCUT2D eigenvalue weighted by Crippen LogP contribution is -2.50. The Morgan fingerprint density at radius 2 is 1.62 bits per heavy atom. The van der Waals surface area contributed by atoms with E-state index in [0.29, 0.717) is 41.2 Å². The Morgan fingerprint density at radius 3 is 2.41 bits per heavy atom. The molecule has 3 aromatic rings. The average molecular weight is 455 g/mol. The maximum absolute atomic E-state index is 13.1. The molecule has 3 heterocycles. The van der Waals surface area contributed by atoms with Crippen LogP contribution in [0.5, 0.6) is 11.5 Å². The smallest absolute Gasteiger partial charge is 0.254 e. The van der Waals surface area contributed by atoms with E-state index in [1.807, 2.05) is 0 Å². The van der Waals surface area contributed by atoms with Crippen LogP contribution in [0.25, 0.3) is 10.9 Å². The lowest BCUT2D eigenvalue weighted by Gasteiger charge is -2.34. The highest BCUT2D eigenvalue weighted by atomic mass is 32.2. The second-order valence-corrected chi connectivity index (χ2v) is 9.53. The van der Waals surface area contributed by atoms with Crippen LogP contribution in [-0.4, -0.2) is 67.9 Å². The summed E-state index contributed by atoms with van der Waals surface area (Å²) in [5.74, 6) is 0.645. The van der Waals surface area contributed by atoms with E-state index in [9.17, 15) is 18.0 Å². The summed E-state index contributed by atoms with van der Waals surface area (Å²) in [4.78, 5) is 29.6. The van der Waals surface area contributed by atoms with Crippen LogP contribution in [-0.2, 0) is 10.0 Å². The molecule has 1 fully saturated rings. The van der Waals surface area contributed by atoms with Gasteiger partial charge in [-0.25, -0.2) is 8.42 Å². The lowest BCUT2D eigenvalue weighted by atomic mass is 10.1. The number of ether oxygens (including phenoxy) is 2. The summed E-state index contributed by atoms with van der Waals surface area (Å²) in [5, 5.41) is 0.656. The van der Waals surface area contributed by atoms with Crippen molar-refractivity contribution >= 4 is 26.8 Å². The molecule has 0 unspecified atom stereocenters. The quantitative estimate of drug-likeness (QED) is 0.640. The van der Waals surface area contributed by atoms with Crippen LogP contribution in [0.4, 0.5) is 0 Å². The highest BCUT2D eigenvalue weighted by Gasteiger charge is 2.32. The SMILES string of the molecule is O=C(c1cc(=O)[nH]c2ccccc12)N1CCN(S(=O)(=O)c2ccc3c(c2)OCCO3)CC1. The number of amides is 1. The number of para-hydroxylation sites is 1. The molecule has 0 aliphatic carbocycles. The van der Waals surface area contributed by atoms with E-state index in [4.69, 9.17) is 9.47 Å². The van der Waals surface area contributed by atoms with Gasteiger partial charge in [0, 0.05) is 49.2 Å². The Bertz CT molecular complexity index is 1360. The molecule has 0 atom stereocenters. The number of aromatic nitrogens is 1. The van der Waals surface area contributed by atoms with Crippen LogP contribution in [0, 0.1) is 0 Å². The van der Waals surface area contributed by atoms with Crippen LogP contribution >= 0.6 is 0 Å². The van der Waals surface area contributed by atoms with Crippen LogP contribution in [0.15, 0.2) is 58.2 Å². The van der Waals surface area contributed by atoms with Gasteiger partial charge in [0.1, 0.15) is 13.2 Å². The Hall–Kier alpha value is -3.37. The number of rotatable bonds is 3. The second kappa shape index (κ2) is 7.95. The second-order valence-electron chi connectivity index (χ2n) is 7.59. The number of fused-ring (bicyclic) bond motifs is 2. The number of hydrogen-bond acceptors (Lipinski definition) is 6. The van der Waals surface area contributed by atoms with Crippen molar-refractivity contribution in [1.29, 1.82) is 0 Å². The minimum atomic E-state index is -3.75. The predicted octanol–water partition coefficient (Wildman–Crippen LogP) is 1.45. The van der Waals surface area contributed by atoms with E-state index in [1.54, 1.807) is 35.2 Å². The first-order valence-corrected chi connectivity index (χ1v) is 11.7. The highest BCUT2D eigenvalue weighted by molar-refractivity contribution is 7.89.